The Hall–Kier alpha value is -2.28. The number of hydrogen-bond donors (Lipinski definition) is 1. The van der Waals surface area contributed by atoms with E-state index in [0.717, 1.165) is 21.7 Å². The summed E-state index contributed by atoms with van der Waals surface area (Å²) in [4.78, 5) is 12.1. The van der Waals surface area contributed by atoms with E-state index < -0.39 is 15.9 Å². The molecule has 0 aliphatic heterocycles. The zero-order chi connectivity index (χ0) is 17.0. The van der Waals surface area contributed by atoms with Crippen LogP contribution in [0.25, 0.3) is 0 Å². The summed E-state index contributed by atoms with van der Waals surface area (Å²) in [5.74, 6) is 0.210. The van der Waals surface area contributed by atoms with E-state index in [-0.39, 0.29) is 13.1 Å². The normalized spacial score (nSPS) is 11.3. The summed E-state index contributed by atoms with van der Waals surface area (Å²) in [7, 11) is -3.57. The van der Waals surface area contributed by atoms with E-state index in [0.29, 0.717) is 11.4 Å². The molecule has 124 valence electrons. The second kappa shape index (κ2) is 6.87. The maximum absolute atomic E-state index is 12.1. The molecular weight excluding hydrogens is 316 g/mol. The quantitative estimate of drug-likeness (QED) is 0.875. The van der Waals surface area contributed by atoms with Crippen molar-refractivity contribution in [2.45, 2.75) is 20.4 Å². The Morgan fingerprint density at radius 2 is 1.87 bits per heavy atom. The average Bonchev–Trinajstić information content (AvgIpc) is 2.93. The first kappa shape index (κ1) is 17.1. The van der Waals surface area contributed by atoms with Gasteiger partial charge in [0.2, 0.25) is 15.9 Å². The summed E-state index contributed by atoms with van der Waals surface area (Å²) in [6.07, 6.45) is 2.60. The molecule has 6 nitrogen and oxygen atoms in total. The average molecular weight is 336 g/mol. The molecule has 1 aromatic heterocycles. The van der Waals surface area contributed by atoms with Crippen LogP contribution >= 0.6 is 0 Å². The Bertz CT molecular complexity index is 762. The lowest BCUT2D eigenvalue weighted by atomic mass is 10.1. The van der Waals surface area contributed by atoms with Gasteiger partial charge in [-0.1, -0.05) is 6.07 Å². The van der Waals surface area contributed by atoms with Crippen molar-refractivity contribution in [3.63, 3.8) is 0 Å². The van der Waals surface area contributed by atoms with Gasteiger partial charge in [-0.15, -0.1) is 0 Å². The molecule has 1 N–H and O–H groups in total. The van der Waals surface area contributed by atoms with Crippen LogP contribution in [0.15, 0.2) is 41.0 Å². The molecular formula is C16H20N2O4S. The van der Waals surface area contributed by atoms with Crippen LogP contribution in [-0.4, -0.2) is 27.1 Å². The molecule has 2 rings (SSSR count). The van der Waals surface area contributed by atoms with Gasteiger partial charge in [0.15, 0.2) is 0 Å². The van der Waals surface area contributed by atoms with Crippen molar-refractivity contribution in [1.82, 2.24) is 5.32 Å². The number of rotatable bonds is 6. The summed E-state index contributed by atoms with van der Waals surface area (Å²) < 4.78 is 30.3. The van der Waals surface area contributed by atoms with Crippen LogP contribution in [0.5, 0.6) is 0 Å². The number of benzene rings is 1. The van der Waals surface area contributed by atoms with Crippen LogP contribution in [-0.2, 0) is 21.4 Å². The van der Waals surface area contributed by atoms with Gasteiger partial charge in [-0.05, 0) is 49.2 Å². The van der Waals surface area contributed by atoms with E-state index in [4.69, 9.17) is 4.42 Å². The predicted molar refractivity (Wildman–Crippen MR) is 88.7 cm³/mol. The van der Waals surface area contributed by atoms with Gasteiger partial charge in [0.05, 0.1) is 24.8 Å². The van der Waals surface area contributed by atoms with Crippen molar-refractivity contribution < 1.29 is 17.6 Å². The molecule has 2 aromatic rings. The fourth-order valence-electron chi connectivity index (χ4n) is 2.28. The number of carbonyl (C=O) groups is 1. The zero-order valence-corrected chi connectivity index (χ0v) is 14.2. The lowest BCUT2D eigenvalue weighted by Crippen LogP contribution is -2.40. The van der Waals surface area contributed by atoms with Crippen LogP contribution in [0.3, 0.4) is 0 Å². The van der Waals surface area contributed by atoms with Gasteiger partial charge in [-0.25, -0.2) is 8.42 Å². The van der Waals surface area contributed by atoms with Crippen molar-refractivity contribution in [3.05, 3.63) is 53.5 Å². The van der Waals surface area contributed by atoms with Crippen molar-refractivity contribution in [3.8, 4) is 0 Å². The molecule has 1 heterocycles. The Labute approximate surface area is 136 Å². The molecule has 23 heavy (non-hydrogen) atoms. The van der Waals surface area contributed by atoms with Crippen LogP contribution in [0.4, 0.5) is 5.69 Å². The number of furan rings is 1. The number of hydrogen-bond acceptors (Lipinski definition) is 4. The minimum absolute atomic E-state index is 0.219. The third kappa shape index (κ3) is 4.85. The number of nitrogens with one attached hydrogen (secondary N) is 1. The van der Waals surface area contributed by atoms with Gasteiger partial charge in [0.1, 0.15) is 12.3 Å². The molecule has 0 aliphatic rings. The van der Waals surface area contributed by atoms with Gasteiger partial charge in [-0.3, -0.25) is 9.10 Å². The Morgan fingerprint density at radius 1 is 1.22 bits per heavy atom. The number of nitrogens with zero attached hydrogens (tertiary/aromatic N) is 1. The highest BCUT2D eigenvalue weighted by Crippen LogP contribution is 2.21. The molecule has 0 radical (unpaired) electrons. The maximum atomic E-state index is 12.1. The molecule has 7 heteroatoms. The van der Waals surface area contributed by atoms with Crippen molar-refractivity contribution in [2.75, 3.05) is 17.1 Å². The number of aryl methyl sites for hydroxylation is 2. The highest BCUT2D eigenvalue weighted by atomic mass is 32.2. The molecule has 0 fully saturated rings. The highest BCUT2D eigenvalue weighted by Gasteiger charge is 2.21. The van der Waals surface area contributed by atoms with E-state index in [1.54, 1.807) is 24.3 Å². The van der Waals surface area contributed by atoms with Crippen LogP contribution in [0, 0.1) is 13.8 Å². The highest BCUT2D eigenvalue weighted by molar-refractivity contribution is 7.92. The van der Waals surface area contributed by atoms with Crippen molar-refractivity contribution in [2.24, 2.45) is 0 Å². The molecule has 1 amide bonds. The minimum atomic E-state index is -3.57. The number of anilines is 1. The topological polar surface area (TPSA) is 79.6 Å². The monoisotopic (exact) mass is 336 g/mol. The first-order valence-electron chi connectivity index (χ1n) is 7.11. The second-order valence-electron chi connectivity index (χ2n) is 5.47. The van der Waals surface area contributed by atoms with Crippen LogP contribution < -0.4 is 9.62 Å². The number of carbonyl (C=O) groups excluding carboxylic acids is 1. The Balaban J connectivity index is 2.14. The Morgan fingerprint density at radius 3 is 2.39 bits per heavy atom. The lowest BCUT2D eigenvalue weighted by Gasteiger charge is -2.22. The zero-order valence-electron chi connectivity index (χ0n) is 13.4. The summed E-state index contributed by atoms with van der Waals surface area (Å²) in [6.45, 7) is 3.71. The molecule has 0 atom stereocenters. The minimum Gasteiger partial charge on any atom is -0.467 e. The van der Waals surface area contributed by atoms with E-state index in [9.17, 15) is 13.2 Å². The fourth-order valence-corrected chi connectivity index (χ4v) is 3.12. The van der Waals surface area contributed by atoms with E-state index in [1.807, 2.05) is 19.9 Å². The predicted octanol–water partition coefficient (Wildman–Crippen LogP) is 1.98. The molecule has 0 unspecified atom stereocenters. The fraction of sp³-hybridized carbons (Fsp3) is 0.312. The molecule has 0 bridgehead atoms. The maximum Gasteiger partial charge on any atom is 0.241 e. The van der Waals surface area contributed by atoms with Gasteiger partial charge in [0.25, 0.3) is 0 Å². The first-order valence-corrected chi connectivity index (χ1v) is 8.95. The third-order valence-electron chi connectivity index (χ3n) is 3.22. The summed E-state index contributed by atoms with van der Waals surface area (Å²) in [5, 5.41) is 2.65. The van der Waals surface area contributed by atoms with Gasteiger partial charge < -0.3 is 9.73 Å². The van der Waals surface area contributed by atoms with E-state index in [1.165, 1.54) is 6.26 Å². The van der Waals surface area contributed by atoms with Crippen molar-refractivity contribution >= 4 is 21.6 Å². The Kier molecular flexibility index (Phi) is 5.10. The van der Waals surface area contributed by atoms with Crippen molar-refractivity contribution in [1.29, 1.82) is 0 Å². The second-order valence-corrected chi connectivity index (χ2v) is 7.38. The molecule has 1 aromatic carbocycles. The largest absolute Gasteiger partial charge is 0.467 e. The van der Waals surface area contributed by atoms with E-state index >= 15 is 0 Å². The number of sulfonamides is 1. The standard InChI is InChI=1S/C16H20N2O4S/c1-12-7-13(2)9-14(8-12)18(23(3,20)21)11-16(19)17-10-15-5-4-6-22-15/h4-9H,10-11H2,1-3H3,(H,17,19). The van der Waals surface area contributed by atoms with Gasteiger partial charge in [-0.2, -0.15) is 0 Å². The molecule has 0 spiro atoms. The van der Waals surface area contributed by atoms with Crippen LogP contribution in [0.2, 0.25) is 0 Å². The molecule has 0 saturated heterocycles. The number of amides is 1. The first-order chi connectivity index (χ1) is 10.8. The summed E-state index contributed by atoms with van der Waals surface area (Å²) in [6, 6.07) is 8.89. The smallest absolute Gasteiger partial charge is 0.241 e. The molecule has 0 aliphatic carbocycles. The van der Waals surface area contributed by atoms with Gasteiger partial charge in [0, 0.05) is 0 Å². The lowest BCUT2D eigenvalue weighted by molar-refractivity contribution is -0.119. The third-order valence-corrected chi connectivity index (χ3v) is 4.36. The molecule has 0 saturated carbocycles. The van der Waals surface area contributed by atoms with Crippen LogP contribution in [0.1, 0.15) is 16.9 Å². The van der Waals surface area contributed by atoms with Gasteiger partial charge >= 0.3 is 0 Å². The SMILES string of the molecule is Cc1cc(C)cc(N(CC(=O)NCc2ccco2)S(C)(=O)=O)c1. The summed E-state index contributed by atoms with van der Waals surface area (Å²) >= 11 is 0. The summed E-state index contributed by atoms with van der Waals surface area (Å²) in [5.41, 5.74) is 2.35. The van der Waals surface area contributed by atoms with E-state index in [2.05, 4.69) is 5.32 Å².